The Bertz CT molecular complexity index is 2160. The summed E-state index contributed by atoms with van der Waals surface area (Å²) in [6.45, 7) is 11.5. The number of ether oxygens (including phenoxy) is 4. The van der Waals surface area contributed by atoms with Crippen LogP contribution in [0.1, 0.15) is 72.6 Å². The molecule has 5 N–H and O–H groups in total. The minimum absolute atomic E-state index is 0.0334. The highest BCUT2D eigenvalue weighted by Crippen LogP contribution is 2.30. The van der Waals surface area contributed by atoms with Crippen LogP contribution in [0.5, 0.6) is 17.2 Å². The minimum atomic E-state index is -1.29. The van der Waals surface area contributed by atoms with Crippen molar-refractivity contribution in [1.82, 2.24) is 15.5 Å². The molecule has 0 atom stereocenters. The number of amides is 1. The molecule has 25 heteroatoms. The third-order valence-electron chi connectivity index (χ3n) is 6.63. The number of carboxylic acid groups (broad SMARTS) is 1. The van der Waals surface area contributed by atoms with Crippen LogP contribution >= 0.6 is 0 Å². The van der Waals surface area contributed by atoms with Gasteiger partial charge in [-0.05, 0) is 70.9 Å². The van der Waals surface area contributed by atoms with Gasteiger partial charge in [0.2, 0.25) is 17.2 Å². The zero-order valence-electron chi connectivity index (χ0n) is 35.5. The number of carbonyl (C=O) groups is 6. The largest absolute Gasteiger partial charge is 0.478 e. The van der Waals surface area contributed by atoms with Crippen LogP contribution in [-0.4, -0.2) is 113 Å². The van der Waals surface area contributed by atoms with Crippen molar-refractivity contribution < 1.29 is 67.6 Å². The summed E-state index contributed by atoms with van der Waals surface area (Å²) in [5.41, 5.74) is 3.18. The number of benzene rings is 3. The zero-order valence-corrected chi connectivity index (χ0v) is 35.5. The van der Waals surface area contributed by atoms with Crippen molar-refractivity contribution in [2.75, 3.05) is 46.8 Å². The number of nitrogens with two attached hydrogens (primary N) is 1. The van der Waals surface area contributed by atoms with E-state index in [0.29, 0.717) is 26.2 Å². The van der Waals surface area contributed by atoms with Crippen molar-refractivity contribution in [1.29, 1.82) is 0 Å². The number of likely N-dealkylation sites (N-methyl/N-ethyl adjacent to an activating group) is 1. The lowest BCUT2D eigenvalue weighted by Gasteiger charge is -2.11. The second-order valence-corrected chi connectivity index (χ2v) is 12.1. The fraction of sp³-hybridized carbons (Fsp3) is 0.342. The molecule has 0 saturated carbocycles. The van der Waals surface area contributed by atoms with Gasteiger partial charge < -0.3 is 45.3 Å². The Morgan fingerprint density at radius 1 is 0.667 bits per heavy atom. The van der Waals surface area contributed by atoms with Gasteiger partial charge in [0.25, 0.3) is 11.9 Å². The molecular weight excluding hydrogens is 840 g/mol. The number of aliphatic imine (C=N–C) groups is 1. The molecular formula is C38H48N8O17. The summed E-state index contributed by atoms with van der Waals surface area (Å²) in [4.78, 5) is 103. The van der Waals surface area contributed by atoms with Crippen LogP contribution in [0.4, 0.5) is 17.1 Å². The van der Waals surface area contributed by atoms with Gasteiger partial charge in [-0.1, -0.05) is 6.92 Å². The number of hydrogen-bond acceptors (Lipinski definition) is 19. The summed E-state index contributed by atoms with van der Waals surface area (Å²) in [7, 11) is 3.77. The number of amidine groups is 1. The monoisotopic (exact) mass is 888 g/mol. The summed E-state index contributed by atoms with van der Waals surface area (Å²) < 4.78 is 19.2. The SMILES string of the molecule is CC(=O)Oc1ccc(C(=O)O)cc1[N+](=O)[O-].CCN.CCNC(=NCCN(C)C)OC(=O)c1ccc(OC(C)=O)c([N+](=O)[O-])c1.CCNC(=O)c1ccc(OC(C)=O)c([N+](=O)[O-])c1. The lowest BCUT2D eigenvalue weighted by Crippen LogP contribution is -2.29. The van der Waals surface area contributed by atoms with E-state index in [1.165, 1.54) is 24.3 Å². The molecule has 0 aliphatic carbocycles. The molecule has 342 valence electrons. The molecule has 63 heavy (non-hydrogen) atoms. The highest BCUT2D eigenvalue weighted by atomic mass is 16.6. The predicted octanol–water partition coefficient (Wildman–Crippen LogP) is 3.66. The summed E-state index contributed by atoms with van der Waals surface area (Å²) in [5.74, 6) is -5.31. The Kier molecular flexibility index (Phi) is 24.9. The first-order chi connectivity index (χ1) is 29.5. The first-order valence-electron chi connectivity index (χ1n) is 18.3. The van der Waals surface area contributed by atoms with Crippen molar-refractivity contribution in [3.63, 3.8) is 0 Å². The van der Waals surface area contributed by atoms with Crippen LogP contribution in [-0.2, 0) is 19.1 Å². The van der Waals surface area contributed by atoms with Gasteiger partial charge in [-0.3, -0.25) is 49.5 Å². The Balaban J connectivity index is 0.000000915. The molecule has 0 saturated heterocycles. The van der Waals surface area contributed by atoms with E-state index >= 15 is 0 Å². The summed E-state index contributed by atoms with van der Waals surface area (Å²) in [5, 5.41) is 46.5. The number of rotatable bonds is 14. The topological polar surface area (TPSA) is 355 Å². The van der Waals surface area contributed by atoms with Crippen LogP contribution in [0.2, 0.25) is 0 Å². The highest BCUT2D eigenvalue weighted by molar-refractivity contribution is 5.98. The molecule has 0 heterocycles. The zero-order chi connectivity index (χ0) is 48.4. The van der Waals surface area contributed by atoms with Gasteiger partial charge in [-0.15, -0.1) is 0 Å². The van der Waals surface area contributed by atoms with Crippen molar-refractivity contribution >= 4 is 58.8 Å². The second-order valence-electron chi connectivity index (χ2n) is 12.1. The molecule has 0 spiro atoms. The maximum Gasteiger partial charge on any atom is 0.346 e. The summed E-state index contributed by atoms with van der Waals surface area (Å²) >= 11 is 0. The number of aromatic carboxylic acids is 1. The lowest BCUT2D eigenvalue weighted by atomic mass is 10.1. The first-order valence-corrected chi connectivity index (χ1v) is 18.3. The van der Waals surface area contributed by atoms with Crippen molar-refractivity contribution in [2.24, 2.45) is 10.7 Å². The minimum Gasteiger partial charge on any atom is -0.478 e. The second kappa shape index (κ2) is 28.5. The maximum atomic E-state index is 12.3. The standard InChI is InChI=1S/C16H22N4O6.C11H12N2O5.C9H7NO6.C2H7N/c1-5-17-16(18-8-9-19(3)4)26-15(22)12-6-7-14(25-11(2)21)13(10-12)20(23)24;1-3-12-11(15)8-4-5-10(18-7(2)14)9(6-8)13(16)17;1-5(11)16-8-3-2-6(9(12)13)4-7(8)10(14)15;1-2-3/h6-7,10H,5,8-9H2,1-4H3,(H,17,18);4-6H,3H2,1-2H3,(H,12,15);2-4H,1H3,(H,12,13);2-3H2,1H3. The molecule has 0 unspecified atom stereocenters. The molecule has 0 radical (unpaired) electrons. The molecule has 3 rings (SSSR count). The molecule has 1 amide bonds. The maximum absolute atomic E-state index is 12.3. The number of nitrogens with zero attached hydrogens (tertiary/aromatic N) is 5. The van der Waals surface area contributed by atoms with Gasteiger partial charge in [0.15, 0.2) is 0 Å². The van der Waals surface area contributed by atoms with Gasteiger partial charge in [0.1, 0.15) is 0 Å². The fourth-order valence-corrected chi connectivity index (χ4v) is 4.14. The van der Waals surface area contributed by atoms with Crippen LogP contribution < -0.4 is 30.6 Å². The van der Waals surface area contributed by atoms with Gasteiger partial charge in [-0.25, -0.2) is 14.6 Å². The molecule has 25 nitrogen and oxygen atoms in total. The van der Waals surface area contributed by atoms with E-state index in [2.05, 4.69) is 25.1 Å². The highest BCUT2D eigenvalue weighted by Gasteiger charge is 2.23. The normalized spacial score (nSPS) is 10.1. The fourth-order valence-electron chi connectivity index (χ4n) is 4.14. The van der Waals surface area contributed by atoms with E-state index in [0.717, 1.165) is 57.6 Å². The lowest BCUT2D eigenvalue weighted by molar-refractivity contribution is -0.385. The Labute approximate surface area is 359 Å². The van der Waals surface area contributed by atoms with Crippen LogP contribution in [0.15, 0.2) is 59.6 Å². The molecule has 0 bridgehead atoms. The number of hydrogen-bond donors (Lipinski definition) is 4. The average Bonchev–Trinajstić information content (AvgIpc) is 3.18. The van der Waals surface area contributed by atoms with Crippen molar-refractivity contribution in [2.45, 2.75) is 41.5 Å². The van der Waals surface area contributed by atoms with Crippen LogP contribution in [0, 0.1) is 30.3 Å². The van der Waals surface area contributed by atoms with E-state index in [9.17, 15) is 59.1 Å². The third kappa shape index (κ3) is 21.2. The van der Waals surface area contributed by atoms with E-state index in [-0.39, 0.29) is 40.0 Å². The molecule has 3 aromatic rings. The predicted molar refractivity (Wildman–Crippen MR) is 223 cm³/mol. The van der Waals surface area contributed by atoms with Crippen molar-refractivity contribution in [3.05, 3.63) is 102 Å². The van der Waals surface area contributed by atoms with E-state index < -0.39 is 67.6 Å². The number of nitro benzene ring substituents is 3. The Hall–Kier alpha value is -7.93. The number of nitrogens with one attached hydrogen (secondary N) is 2. The third-order valence-corrected chi connectivity index (χ3v) is 6.63. The van der Waals surface area contributed by atoms with E-state index in [4.69, 9.17) is 20.3 Å². The molecule has 3 aromatic carbocycles. The summed E-state index contributed by atoms with van der Waals surface area (Å²) in [6, 6.07) is 10.2. The molecule has 0 aliphatic rings. The van der Waals surface area contributed by atoms with Crippen LogP contribution in [0.3, 0.4) is 0 Å². The number of esters is 4. The van der Waals surface area contributed by atoms with Gasteiger partial charge in [0.05, 0.1) is 32.4 Å². The number of carboxylic acids is 1. The van der Waals surface area contributed by atoms with E-state index in [1.54, 1.807) is 6.92 Å². The van der Waals surface area contributed by atoms with Crippen LogP contribution in [0.25, 0.3) is 0 Å². The quantitative estimate of drug-likeness (QED) is 0.0448. The summed E-state index contributed by atoms with van der Waals surface area (Å²) in [6.07, 6.45) is 0. The van der Waals surface area contributed by atoms with E-state index in [1.807, 2.05) is 32.8 Å². The Morgan fingerprint density at radius 2 is 1.03 bits per heavy atom. The van der Waals surface area contributed by atoms with Gasteiger partial charge >= 0.3 is 46.9 Å². The Morgan fingerprint density at radius 3 is 1.38 bits per heavy atom. The number of nitro groups is 3. The molecule has 0 aromatic heterocycles. The smallest absolute Gasteiger partial charge is 0.346 e. The average molecular weight is 889 g/mol. The van der Waals surface area contributed by atoms with Gasteiger partial charge in [0, 0.05) is 64.2 Å². The molecule has 0 aliphatic heterocycles. The first kappa shape index (κ1) is 55.1. The van der Waals surface area contributed by atoms with Crippen molar-refractivity contribution in [3.8, 4) is 17.2 Å². The number of carbonyl (C=O) groups excluding carboxylic acids is 5. The molecule has 0 fully saturated rings. The van der Waals surface area contributed by atoms with Gasteiger partial charge in [-0.2, -0.15) is 0 Å².